The zero-order valence-electron chi connectivity index (χ0n) is 9.32. The molecule has 0 aliphatic carbocycles. The molecule has 2 amide bonds. The topological polar surface area (TPSA) is 46.2 Å². The molecule has 0 radical (unpaired) electrons. The third-order valence-electron chi connectivity index (χ3n) is 3.03. The number of rotatable bonds is 2. The molecule has 1 fully saturated rings. The molecule has 1 aliphatic heterocycles. The second-order valence-electron chi connectivity index (χ2n) is 4.10. The van der Waals surface area contributed by atoms with E-state index in [4.69, 9.17) is 0 Å². The van der Waals surface area contributed by atoms with Gasteiger partial charge in [0.15, 0.2) is 0 Å². The van der Waals surface area contributed by atoms with Crippen molar-refractivity contribution < 1.29 is 9.59 Å². The van der Waals surface area contributed by atoms with Crippen molar-refractivity contribution in [2.45, 2.75) is 32.1 Å². The molecule has 3 heteroatoms. The Hall–Kier alpha value is -1.64. The number of hydrogen-bond donors (Lipinski definition) is 1. The minimum atomic E-state index is -0.166. The van der Waals surface area contributed by atoms with Gasteiger partial charge in [-0.2, -0.15) is 0 Å². The Kier molecular flexibility index (Phi) is 3.04. The van der Waals surface area contributed by atoms with E-state index >= 15 is 0 Å². The Labute approximate surface area is 94.9 Å². The van der Waals surface area contributed by atoms with Crippen LogP contribution in [0.25, 0.3) is 0 Å². The summed E-state index contributed by atoms with van der Waals surface area (Å²) in [5.74, 6) is -0.490. The summed E-state index contributed by atoms with van der Waals surface area (Å²) in [5.41, 5.74) is 2.26. The number of carbonyl (C=O) groups excluding carboxylic acids is 2. The fraction of sp³-hybridized carbons (Fsp3) is 0.385. The minimum Gasteiger partial charge on any atom is -0.296 e. The van der Waals surface area contributed by atoms with Crippen LogP contribution in [0.2, 0.25) is 0 Å². The molecule has 0 unspecified atom stereocenters. The van der Waals surface area contributed by atoms with E-state index in [9.17, 15) is 9.59 Å². The van der Waals surface area contributed by atoms with Crippen molar-refractivity contribution in [2.75, 3.05) is 0 Å². The van der Waals surface area contributed by atoms with Gasteiger partial charge in [-0.15, -0.1) is 0 Å². The second kappa shape index (κ2) is 4.47. The lowest BCUT2D eigenvalue weighted by Gasteiger charge is -2.21. The number of benzene rings is 1. The van der Waals surface area contributed by atoms with Gasteiger partial charge in [-0.25, -0.2) is 0 Å². The zero-order chi connectivity index (χ0) is 11.5. The highest BCUT2D eigenvalue weighted by Gasteiger charge is 2.27. The van der Waals surface area contributed by atoms with Crippen LogP contribution in [0, 0.1) is 0 Å². The monoisotopic (exact) mass is 217 g/mol. The number of piperidine rings is 1. The quantitative estimate of drug-likeness (QED) is 0.767. The number of carbonyl (C=O) groups is 2. The summed E-state index contributed by atoms with van der Waals surface area (Å²) < 4.78 is 0. The van der Waals surface area contributed by atoms with Crippen molar-refractivity contribution in [3.05, 3.63) is 35.4 Å². The molecule has 1 aromatic carbocycles. The lowest BCUT2D eigenvalue weighted by molar-refractivity contribution is -0.134. The van der Waals surface area contributed by atoms with Crippen molar-refractivity contribution in [3.63, 3.8) is 0 Å². The summed E-state index contributed by atoms with van der Waals surface area (Å²) in [6.45, 7) is 2.10. The maximum atomic E-state index is 11.6. The third kappa shape index (κ3) is 2.13. The van der Waals surface area contributed by atoms with Crippen LogP contribution in [0.15, 0.2) is 24.3 Å². The molecule has 1 heterocycles. The lowest BCUT2D eigenvalue weighted by atomic mass is 9.90. The van der Waals surface area contributed by atoms with E-state index in [1.54, 1.807) is 0 Å². The van der Waals surface area contributed by atoms with Crippen molar-refractivity contribution in [1.82, 2.24) is 5.32 Å². The van der Waals surface area contributed by atoms with E-state index < -0.39 is 0 Å². The first-order valence-electron chi connectivity index (χ1n) is 5.63. The van der Waals surface area contributed by atoms with E-state index in [0.717, 1.165) is 12.0 Å². The molecule has 1 aromatic rings. The highest BCUT2D eigenvalue weighted by Crippen LogP contribution is 2.24. The Balaban J connectivity index is 2.17. The average Bonchev–Trinajstić information content (AvgIpc) is 2.29. The smallest absolute Gasteiger partial charge is 0.234 e. The Morgan fingerprint density at radius 3 is 2.50 bits per heavy atom. The van der Waals surface area contributed by atoms with Crippen molar-refractivity contribution >= 4 is 11.8 Å². The summed E-state index contributed by atoms with van der Waals surface area (Å²) in [6, 6.07) is 8.05. The largest absolute Gasteiger partial charge is 0.296 e. The van der Waals surface area contributed by atoms with Gasteiger partial charge >= 0.3 is 0 Å². The molecule has 84 valence electrons. The molecular weight excluding hydrogens is 202 g/mol. The van der Waals surface area contributed by atoms with Crippen LogP contribution in [0.3, 0.4) is 0 Å². The standard InChI is InChI=1S/C13H15NO2/c1-2-9-3-5-10(6-4-9)11-7-8-12(15)14-13(11)16/h3-6,11H,2,7-8H2,1H3,(H,14,15,16)/t11-/m1/s1. The van der Waals surface area contributed by atoms with Gasteiger partial charge in [-0.1, -0.05) is 31.2 Å². The molecule has 0 bridgehead atoms. The molecule has 1 saturated heterocycles. The van der Waals surface area contributed by atoms with Crippen LogP contribution in [-0.2, 0) is 16.0 Å². The molecule has 1 N–H and O–H groups in total. The van der Waals surface area contributed by atoms with Gasteiger partial charge in [0.1, 0.15) is 0 Å². The van der Waals surface area contributed by atoms with Crippen LogP contribution in [0.1, 0.15) is 36.8 Å². The molecule has 0 spiro atoms. The van der Waals surface area contributed by atoms with Gasteiger partial charge < -0.3 is 0 Å². The van der Waals surface area contributed by atoms with Crippen LogP contribution in [-0.4, -0.2) is 11.8 Å². The number of aryl methyl sites for hydroxylation is 1. The van der Waals surface area contributed by atoms with Gasteiger partial charge in [-0.05, 0) is 24.0 Å². The third-order valence-corrected chi connectivity index (χ3v) is 3.03. The maximum Gasteiger partial charge on any atom is 0.234 e. The summed E-state index contributed by atoms with van der Waals surface area (Å²) in [5, 5.41) is 2.38. The number of amides is 2. The Morgan fingerprint density at radius 1 is 1.25 bits per heavy atom. The highest BCUT2D eigenvalue weighted by atomic mass is 16.2. The minimum absolute atomic E-state index is 0.161. The van der Waals surface area contributed by atoms with E-state index in [1.807, 2.05) is 24.3 Å². The number of imide groups is 1. The van der Waals surface area contributed by atoms with Crippen LogP contribution >= 0.6 is 0 Å². The molecule has 0 saturated carbocycles. The lowest BCUT2D eigenvalue weighted by Crippen LogP contribution is -2.39. The molecule has 16 heavy (non-hydrogen) atoms. The maximum absolute atomic E-state index is 11.6. The summed E-state index contributed by atoms with van der Waals surface area (Å²) in [4.78, 5) is 22.6. The summed E-state index contributed by atoms with van der Waals surface area (Å²) >= 11 is 0. The first-order chi connectivity index (χ1) is 7.70. The van der Waals surface area contributed by atoms with Crippen molar-refractivity contribution in [1.29, 1.82) is 0 Å². The number of hydrogen-bond acceptors (Lipinski definition) is 2. The predicted octanol–water partition coefficient (Wildman–Crippen LogP) is 1.77. The van der Waals surface area contributed by atoms with Crippen LogP contribution < -0.4 is 5.32 Å². The first-order valence-corrected chi connectivity index (χ1v) is 5.63. The molecule has 1 aliphatic rings. The normalized spacial score (nSPS) is 20.7. The van der Waals surface area contributed by atoms with E-state index in [0.29, 0.717) is 12.8 Å². The van der Waals surface area contributed by atoms with E-state index in [-0.39, 0.29) is 17.7 Å². The fourth-order valence-corrected chi connectivity index (χ4v) is 2.00. The van der Waals surface area contributed by atoms with Crippen LogP contribution in [0.5, 0.6) is 0 Å². The summed E-state index contributed by atoms with van der Waals surface area (Å²) in [6.07, 6.45) is 2.05. The van der Waals surface area contributed by atoms with Gasteiger partial charge in [0.25, 0.3) is 0 Å². The van der Waals surface area contributed by atoms with E-state index in [2.05, 4.69) is 12.2 Å². The van der Waals surface area contributed by atoms with Gasteiger partial charge in [0.2, 0.25) is 11.8 Å². The number of nitrogens with one attached hydrogen (secondary N) is 1. The van der Waals surface area contributed by atoms with E-state index in [1.165, 1.54) is 5.56 Å². The van der Waals surface area contributed by atoms with Crippen LogP contribution in [0.4, 0.5) is 0 Å². The van der Waals surface area contributed by atoms with Crippen molar-refractivity contribution in [2.24, 2.45) is 0 Å². The van der Waals surface area contributed by atoms with Gasteiger partial charge in [0, 0.05) is 6.42 Å². The molecule has 0 aromatic heterocycles. The van der Waals surface area contributed by atoms with Crippen molar-refractivity contribution in [3.8, 4) is 0 Å². The summed E-state index contributed by atoms with van der Waals surface area (Å²) in [7, 11) is 0. The second-order valence-corrected chi connectivity index (χ2v) is 4.10. The highest BCUT2D eigenvalue weighted by molar-refractivity contribution is 6.00. The molecule has 2 rings (SSSR count). The Morgan fingerprint density at radius 2 is 1.94 bits per heavy atom. The zero-order valence-corrected chi connectivity index (χ0v) is 9.32. The molecule has 1 atom stereocenters. The van der Waals surface area contributed by atoms with Gasteiger partial charge in [0.05, 0.1) is 5.92 Å². The predicted molar refractivity (Wildman–Crippen MR) is 60.9 cm³/mol. The molecule has 3 nitrogen and oxygen atoms in total. The first kappa shape index (κ1) is 10.9. The Bertz CT molecular complexity index is 408. The van der Waals surface area contributed by atoms with Gasteiger partial charge in [-0.3, -0.25) is 14.9 Å². The molecular formula is C13H15NO2. The SMILES string of the molecule is CCc1ccc([C@H]2CCC(=O)NC2=O)cc1. The average molecular weight is 217 g/mol. The fourth-order valence-electron chi connectivity index (χ4n) is 2.00.